The maximum absolute atomic E-state index is 12.3. The first-order valence-electron chi connectivity index (χ1n) is 6.11. The van der Waals surface area contributed by atoms with Crippen molar-refractivity contribution in [3.05, 3.63) is 46.9 Å². The monoisotopic (exact) mass is 333 g/mol. The molecule has 0 unspecified atom stereocenters. The molecule has 0 aliphatic heterocycles. The number of alkyl halides is 3. The summed E-state index contributed by atoms with van der Waals surface area (Å²) in [6.07, 6.45) is -4.47. The minimum atomic E-state index is -4.47. The maximum atomic E-state index is 12.3. The minimum Gasteiger partial charge on any atom is -0.482 e. The summed E-state index contributed by atoms with van der Waals surface area (Å²) < 4.78 is 46.4. The van der Waals surface area contributed by atoms with E-state index in [1.165, 1.54) is 24.3 Å². The highest BCUT2D eigenvalue weighted by molar-refractivity contribution is 6.29. The molecule has 22 heavy (non-hydrogen) atoms. The average molecular weight is 334 g/mol. The van der Waals surface area contributed by atoms with E-state index in [-0.39, 0.29) is 22.4 Å². The van der Waals surface area contributed by atoms with Crippen molar-refractivity contribution in [3.63, 3.8) is 0 Å². The summed E-state index contributed by atoms with van der Waals surface area (Å²) in [4.78, 5) is 11.9. The molecule has 2 aromatic rings. The van der Waals surface area contributed by atoms with Gasteiger partial charge >= 0.3 is 6.18 Å². The summed E-state index contributed by atoms with van der Waals surface area (Å²) in [7, 11) is 0. The number of benzene rings is 1. The molecule has 1 heterocycles. The van der Waals surface area contributed by atoms with Crippen LogP contribution in [0, 0.1) is 6.92 Å². The lowest BCUT2D eigenvalue weighted by atomic mass is 10.2. The van der Waals surface area contributed by atoms with E-state index in [2.05, 4.69) is 5.32 Å². The summed E-state index contributed by atoms with van der Waals surface area (Å²) in [6, 6.07) is 7.21. The van der Waals surface area contributed by atoms with Crippen LogP contribution in [0.3, 0.4) is 0 Å². The largest absolute Gasteiger partial charge is 0.482 e. The molecule has 0 saturated heterocycles. The number of aryl methyl sites for hydroxylation is 1. The van der Waals surface area contributed by atoms with Crippen LogP contribution < -0.4 is 10.1 Å². The van der Waals surface area contributed by atoms with Crippen LogP contribution in [0.5, 0.6) is 5.75 Å². The Morgan fingerprint density at radius 2 is 2.05 bits per heavy atom. The van der Waals surface area contributed by atoms with E-state index < -0.39 is 18.7 Å². The summed E-state index contributed by atoms with van der Waals surface area (Å²) in [5.74, 6) is -0.789. The molecule has 4 nitrogen and oxygen atoms in total. The second kappa shape index (κ2) is 6.31. The zero-order valence-electron chi connectivity index (χ0n) is 11.3. The van der Waals surface area contributed by atoms with Crippen LogP contribution in [-0.2, 0) is 0 Å². The SMILES string of the molecule is Cc1ccc(NC(=O)c2ccc(Cl)o2)c(OCC(F)(F)F)c1. The van der Waals surface area contributed by atoms with Gasteiger partial charge in [-0.05, 0) is 48.4 Å². The molecule has 0 bridgehead atoms. The smallest absolute Gasteiger partial charge is 0.422 e. The molecule has 118 valence electrons. The summed E-state index contributed by atoms with van der Waals surface area (Å²) in [5, 5.41) is 2.45. The third kappa shape index (κ3) is 4.42. The first-order chi connectivity index (χ1) is 10.2. The highest BCUT2D eigenvalue weighted by Gasteiger charge is 2.29. The Kier molecular flexibility index (Phi) is 4.65. The molecule has 0 fully saturated rings. The van der Waals surface area contributed by atoms with Gasteiger partial charge in [0.1, 0.15) is 5.75 Å². The standard InChI is InChI=1S/C14H11ClF3NO3/c1-8-2-3-9(11(6-8)21-7-14(16,17)18)19-13(20)10-4-5-12(15)22-10/h2-6H,7H2,1H3,(H,19,20). The third-order valence-electron chi connectivity index (χ3n) is 2.57. The minimum absolute atomic E-state index is 0.0302. The van der Waals surface area contributed by atoms with Gasteiger partial charge in [-0.25, -0.2) is 0 Å². The van der Waals surface area contributed by atoms with Crippen molar-refractivity contribution >= 4 is 23.2 Å². The van der Waals surface area contributed by atoms with Crippen molar-refractivity contribution in [1.29, 1.82) is 0 Å². The van der Waals surface area contributed by atoms with Crippen molar-refractivity contribution in [3.8, 4) is 5.75 Å². The van der Waals surface area contributed by atoms with Crippen molar-refractivity contribution in [2.75, 3.05) is 11.9 Å². The molecule has 0 saturated carbocycles. The van der Waals surface area contributed by atoms with Crippen molar-refractivity contribution in [2.24, 2.45) is 0 Å². The van der Waals surface area contributed by atoms with E-state index in [0.717, 1.165) is 0 Å². The fourth-order valence-electron chi connectivity index (χ4n) is 1.63. The predicted octanol–water partition coefficient (Wildman–Crippen LogP) is 4.43. The first-order valence-corrected chi connectivity index (χ1v) is 6.49. The number of hydrogen-bond donors (Lipinski definition) is 1. The fraction of sp³-hybridized carbons (Fsp3) is 0.214. The lowest BCUT2D eigenvalue weighted by Gasteiger charge is -2.14. The third-order valence-corrected chi connectivity index (χ3v) is 2.78. The average Bonchev–Trinajstić information content (AvgIpc) is 2.85. The lowest BCUT2D eigenvalue weighted by Crippen LogP contribution is -2.20. The number of anilines is 1. The Bertz CT molecular complexity index is 682. The van der Waals surface area contributed by atoms with Gasteiger partial charge in [-0.2, -0.15) is 13.2 Å². The zero-order valence-corrected chi connectivity index (χ0v) is 12.1. The molecule has 0 spiro atoms. The van der Waals surface area contributed by atoms with Gasteiger partial charge in [0.25, 0.3) is 5.91 Å². The first kappa shape index (κ1) is 16.2. The van der Waals surface area contributed by atoms with E-state index >= 15 is 0 Å². The van der Waals surface area contributed by atoms with Gasteiger partial charge < -0.3 is 14.5 Å². The Hall–Kier alpha value is -2.15. The highest BCUT2D eigenvalue weighted by atomic mass is 35.5. The van der Waals surface area contributed by atoms with E-state index in [9.17, 15) is 18.0 Å². The Balaban J connectivity index is 2.17. The van der Waals surface area contributed by atoms with Crippen LogP contribution in [0.1, 0.15) is 16.1 Å². The molecular formula is C14H11ClF3NO3. The Morgan fingerprint density at radius 1 is 1.32 bits per heavy atom. The molecule has 0 aliphatic carbocycles. The van der Waals surface area contributed by atoms with Crippen molar-refractivity contribution < 1.29 is 27.1 Å². The quantitative estimate of drug-likeness (QED) is 0.900. The van der Waals surface area contributed by atoms with E-state index in [1.807, 2.05) is 0 Å². The number of hydrogen-bond acceptors (Lipinski definition) is 3. The lowest BCUT2D eigenvalue weighted by molar-refractivity contribution is -0.153. The van der Waals surface area contributed by atoms with Crippen LogP contribution in [0.2, 0.25) is 5.22 Å². The van der Waals surface area contributed by atoms with Gasteiger partial charge in [-0.3, -0.25) is 4.79 Å². The molecule has 8 heteroatoms. The predicted molar refractivity (Wildman–Crippen MR) is 74.4 cm³/mol. The van der Waals surface area contributed by atoms with E-state index in [1.54, 1.807) is 13.0 Å². The Morgan fingerprint density at radius 3 is 2.64 bits per heavy atom. The van der Waals surface area contributed by atoms with Crippen LogP contribution in [0.25, 0.3) is 0 Å². The second-order valence-electron chi connectivity index (χ2n) is 4.46. The number of ether oxygens (including phenoxy) is 1. The molecule has 1 N–H and O–H groups in total. The van der Waals surface area contributed by atoms with Crippen molar-refractivity contribution in [1.82, 2.24) is 0 Å². The Labute approximate surface area is 128 Å². The fourth-order valence-corrected chi connectivity index (χ4v) is 1.78. The van der Waals surface area contributed by atoms with Gasteiger partial charge in [0.05, 0.1) is 5.69 Å². The van der Waals surface area contributed by atoms with Crippen LogP contribution >= 0.6 is 11.6 Å². The van der Waals surface area contributed by atoms with Gasteiger partial charge in [-0.1, -0.05) is 6.07 Å². The second-order valence-corrected chi connectivity index (χ2v) is 4.83. The molecule has 0 radical (unpaired) electrons. The van der Waals surface area contributed by atoms with Crippen molar-refractivity contribution in [2.45, 2.75) is 13.1 Å². The number of amides is 1. The van der Waals surface area contributed by atoms with Crippen LogP contribution in [-0.4, -0.2) is 18.7 Å². The molecule has 1 aromatic heterocycles. The summed E-state index contributed by atoms with van der Waals surface area (Å²) in [5.41, 5.74) is 0.795. The molecule has 0 atom stereocenters. The number of furan rings is 1. The molecular weight excluding hydrogens is 323 g/mol. The van der Waals surface area contributed by atoms with E-state index in [4.69, 9.17) is 20.8 Å². The molecule has 0 aliphatic rings. The topological polar surface area (TPSA) is 51.5 Å². The van der Waals surface area contributed by atoms with Gasteiger partial charge in [0.15, 0.2) is 17.6 Å². The van der Waals surface area contributed by atoms with Crippen LogP contribution in [0.15, 0.2) is 34.7 Å². The highest BCUT2D eigenvalue weighted by Crippen LogP contribution is 2.28. The van der Waals surface area contributed by atoms with Gasteiger partial charge in [0.2, 0.25) is 0 Å². The van der Waals surface area contributed by atoms with Gasteiger partial charge in [0, 0.05) is 0 Å². The normalized spacial score (nSPS) is 11.3. The molecule has 1 amide bonds. The maximum Gasteiger partial charge on any atom is 0.422 e. The number of carbonyl (C=O) groups excluding carboxylic acids is 1. The summed E-state index contributed by atoms with van der Waals surface area (Å²) >= 11 is 5.56. The summed E-state index contributed by atoms with van der Waals surface area (Å²) in [6.45, 7) is 0.240. The van der Waals surface area contributed by atoms with Gasteiger partial charge in [-0.15, -0.1) is 0 Å². The number of halogens is 4. The van der Waals surface area contributed by atoms with E-state index in [0.29, 0.717) is 5.56 Å². The number of rotatable bonds is 4. The number of carbonyl (C=O) groups is 1. The molecule has 1 aromatic carbocycles. The molecule has 2 rings (SSSR count). The number of nitrogens with one attached hydrogen (secondary N) is 1. The van der Waals surface area contributed by atoms with Crippen LogP contribution in [0.4, 0.5) is 18.9 Å². The zero-order chi connectivity index (χ0) is 16.3.